The van der Waals surface area contributed by atoms with Gasteiger partial charge in [-0.25, -0.2) is 5.01 Å². The van der Waals surface area contributed by atoms with Gasteiger partial charge in [0.05, 0.1) is 0 Å². The molecule has 2 heteroatoms. The molecule has 0 amide bonds. The van der Waals surface area contributed by atoms with Gasteiger partial charge in [0, 0.05) is 19.8 Å². The van der Waals surface area contributed by atoms with E-state index in [2.05, 4.69) is 18.4 Å². The fourth-order valence-corrected chi connectivity index (χ4v) is 2.06. The first-order chi connectivity index (χ1) is 6.24. The van der Waals surface area contributed by atoms with Gasteiger partial charge in [0.25, 0.3) is 0 Å². The SMILES string of the molecule is C/C=C(\NN(C)C)C1CCCCC1. The molecule has 0 spiro atoms. The standard InChI is InChI=1S/C11H22N2/c1-4-11(12-13(2)3)10-8-6-5-7-9-10/h4,10,12H,5-9H2,1-3H3/b11-4-. The third-order valence-corrected chi connectivity index (χ3v) is 2.71. The van der Waals surface area contributed by atoms with Crippen molar-refractivity contribution in [3.05, 3.63) is 11.8 Å². The van der Waals surface area contributed by atoms with Gasteiger partial charge in [0.2, 0.25) is 0 Å². The zero-order valence-electron chi connectivity index (χ0n) is 9.14. The number of hydrazine groups is 1. The summed E-state index contributed by atoms with van der Waals surface area (Å²) >= 11 is 0. The molecule has 0 saturated heterocycles. The Labute approximate surface area is 82.0 Å². The summed E-state index contributed by atoms with van der Waals surface area (Å²) in [5.74, 6) is 0.779. The van der Waals surface area contributed by atoms with E-state index >= 15 is 0 Å². The molecule has 0 atom stereocenters. The molecule has 0 heterocycles. The maximum Gasteiger partial charge on any atom is 0.0252 e. The van der Waals surface area contributed by atoms with E-state index in [-0.39, 0.29) is 0 Å². The average Bonchev–Trinajstić information content (AvgIpc) is 2.15. The van der Waals surface area contributed by atoms with Crippen LogP contribution >= 0.6 is 0 Å². The number of allylic oxidation sites excluding steroid dienone is 2. The van der Waals surface area contributed by atoms with Crippen molar-refractivity contribution in [2.45, 2.75) is 39.0 Å². The third-order valence-electron chi connectivity index (χ3n) is 2.71. The van der Waals surface area contributed by atoms with Crippen LogP contribution in [0.5, 0.6) is 0 Å². The van der Waals surface area contributed by atoms with Crippen LogP contribution in [-0.4, -0.2) is 19.1 Å². The van der Waals surface area contributed by atoms with Gasteiger partial charge in [-0.2, -0.15) is 0 Å². The van der Waals surface area contributed by atoms with Crippen LogP contribution < -0.4 is 5.43 Å². The van der Waals surface area contributed by atoms with Gasteiger partial charge in [-0.05, 0) is 25.7 Å². The molecule has 1 aliphatic carbocycles. The highest BCUT2D eigenvalue weighted by Gasteiger charge is 2.17. The quantitative estimate of drug-likeness (QED) is 0.675. The highest BCUT2D eigenvalue weighted by molar-refractivity contribution is 5.03. The lowest BCUT2D eigenvalue weighted by atomic mass is 9.87. The normalized spacial score (nSPS) is 20.8. The second kappa shape index (κ2) is 5.28. The molecule has 0 unspecified atom stereocenters. The summed E-state index contributed by atoms with van der Waals surface area (Å²) in [5.41, 5.74) is 4.80. The van der Waals surface area contributed by atoms with Gasteiger partial charge in [-0.3, -0.25) is 0 Å². The minimum absolute atomic E-state index is 0.779. The minimum atomic E-state index is 0.779. The predicted molar refractivity (Wildman–Crippen MR) is 57.2 cm³/mol. The van der Waals surface area contributed by atoms with Crippen LogP contribution in [0.25, 0.3) is 0 Å². The van der Waals surface area contributed by atoms with Crippen molar-refractivity contribution >= 4 is 0 Å². The van der Waals surface area contributed by atoms with Crippen molar-refractivity contribution in [1.29, 1.82) is 0 Å². The summed E-state index contributed by atoms with van der Waals surface area (Å²) in [6.07, 6.45) is 9.17. The number of hydrogen-bond acceptors (Lipinski definition) is 2. The smallest absolute Gasteiger partial charge is 0.0252 e. The van der Waals surface area contributed by atoms with Crippen molar-refractivity contribution in [2.24, 2.45) is 5.92 Å². The van der Waals surface area contributed by atoms with Gasteiger partial charge < -0.3 is 5.43 Å². The van der Waals surface area contributed by atoms with Crippen LogP contribution in [0.3, 0.4) is 0 Å². The van der Waals surface area contributed by atoms with Gasteiger partial charge >= 0.3 is 0 Å². The lowest BCUT2D eigenvalue weighted by Crippen LogP contribution is -2.33. The first-order valence-corrected chi connectivity index (χ1v) is 5.34. The van der Waals surface area contributed by atoms with Gasteiger partial charge in [0.15, 0.2) is 0 Å². The lowest BCUT2D eigenvalue weighted by Gasteiger charge is -2.27. The summed E-state index contributed by atoms with van der Waals surface area (Å²) in [5, 5.41) is 2.03. The molecule has 1 fully saturated rings. The maximum atomic E-state index is 3.39. The second-order valence-electron chi connectivity index (χ2n) is 4.09. The Kier molecular flexibility index (Phi) is 4.29. The molecule has 13 heavy (non-hydrogen) atoms. The Bertz CT molecular complexity index is 167. The Morgan fingerprint density at radius 2 is 1.85 bits per heavy atom. The molecule has 0 aromatic rings. The van der Waals surface area contributed by atoms with Crippen LogP contribution in [-0.2, 0) is 0 Å². The second-order valence-corrected chi connectivity index (χ2v) is 4.09. The van der Waals surface area contributed by atoms with Crippen molar-refractivity contribution < 1.29 is 0 Å². The molecular formula is C11H22N2. The summed E-state index contributed by atoms with van der Waals surface area (Å²) in [7, 11) is 4.10. The van der Waals surface area contributed by atoms with Gasteiger partial charge in [0.1, 0.15) is 0 Å². The van der Waals surface area contributed by atoms with Crippen LogP contribution in [0.2, 0.25) is 0 Å². The minimum Gasteiger partial charge on any atom is -0.324 e. The van der Waals surface area contributed by atoms with Gasteiger partial charge in [-0.1, -0.05) is 25.3 Å². The van der Waals surface area contributed by atoms with Crippen LogP contribution in [0, 0.1) is 5.92 Å². The topological polar surface area (TPSA) is 15.3 Å². The zero-order chi connectivity index (χ0) is 9.68. The zero-order valence-corrected chi connectivity index (χ0v) is 9.14. The predicted octanol–water partition coefficient (Wildman–Crippen LogP) is 2.54. The number of nitrogens with one attached hydrogen (secondary N) is 1. The third kappa shape index (κ3) is 3.39. The molecule has 0 aliphatic heterocycles. The van der Waals surface area contributed by atoms with E-state index in [4.69, 9.17) is 0 Å². The molecule has 1 saturated carbocycles. The van der Waals surface area contributed by atoms with Crippen LogP contribution in [0.1, 0.15) is 39.0 Å². The van der Waals surface area contributed by atoms with E-state index in [9.17, 15) is 0 Å². The summed E-state index contributed by atoms with van der Waals surface area (Å²) in [4.78, 5) is 0. The van der Waals surface area contributed by atoms with Crippen LogP contribution in [0.15, 0.2) is 11.8 Å². The fraction of sp³-hybridized carbons (Fsp3) is 0.818. The number of nitrogens with zero attached hydrogens (tertiary/aromatic N) is 1. The van der Waals surface area contributed by atoms with Crippen LogP contribution in [0.4, 0.5) is 0 Å². The Hall–Kier alpha value is -0.500. The Morgan fingerprint density at radius 3 is 2.31 bits per heavy atom. The van der Waals surface area contributed by atoms with Crippen molar-refractivity contribution in [3.8, 4) is 0 Å². The molecule has 2 nitrogen and oxygen atoms in total. The van der Waals surface area contributed by atoms with E-state index < -0.39 is 0 Å². The molecule has 0 radical (unpaired) electrons. The molecule has 76 valence electrons. The lowest BCUT2D eigenvalue weighted by molar-refractivity contribution is 0.281. The fourth-order valence-electron chi connectivity index (χ4n) is 2.06. The summed E-state index contributed by atoms with van der Waals surface area (Å²) in [6.45, 7) is 2.13. The van der Waals surface area contributed by atoms with E-state index in [1.165, 1.54) is 37.8 Å². The molecule has 0 aromatic carbocycles. The molecule has 1 N–H and O–H groups in total. The van der Waals surface area contributed by atoms with Gasteiger partial charge in [-0.15, -0.1) is 0 Å². The largest absolute Gasteiger partial charge is 0.324 e. The van der Waals surface area contributed by atoms with Crippen molar-refractivity contribution in [2.75, 3.05) is 14.1 Å². The van der Waals surface area contributed by atoms with E-state index in [0.717, 1.165) is 5.92 Å². The molecule has 0 bridgehead atoms. The van der Waals surface area contributed by atoms with E-state index in [1.54, 1.807) is 0 Å². The monoisotopic (exact) mass is 182 g/mol. The average molecular weight is 182 g/mol. The molecule has 0 aromatic heterocycles. The highest BCUT2D eigenvalue weighted by Crippen LogP contribution is 2.28. The highest BCUT2D eigenvalue weighted by atomic mass is 15.5. The number of rotatable bonds is 3. The summed E-state index contributed by atoms with van der Waals surface area (Å²) in [6, 6.07) is 0. The maximum absolute atomic E-state index is 3.39. The van der Waals surface area contributed by atoms with E-state index in [1.807, 2.05) is 19.1 Å². The molecule has 1 rings (SSSR count). The first-order valence-electron chi connectivity index (χ1n) is 5.34. The van der Waals surface area contributed by atoms with E-state index in [0.29, 0.717) is 0 Å². The van der Waals surface area contributed by atoms with Crippen molar-refractivity contribution in [3.63, 3.8) is 0 Å². The Morgan fingerprint density at radius 1 is 1.23 bits per heavy atom. The van der Waals surface area contributed by atoms with Crippen molar-refractivity contribution in [1.82, 2.24) is 10.4 Å². The molecular weight excluding hydrogens is 160 g/mol. The first kappa shape index (κ1) is 10.6. The number of hydrogen-bond donors (Lipinski definition) is 1. The molecule has 1 aliphatic rings. The summed E-state index contributed by atoms with van der Waals surface area (Å²) < 4.78 is 0. The Balaban J connectivity index is 2.45.